The van der Waals surface area contributed by atoms with Gasteiger partial charge in [0.2, 0.25) is 0 Å². The summed E-state index contributed by atoms with van der Waals surface area (Å²) in [5.74, 6) is 0. The largest absolute Gasteiger partial charge is 0.328 e. The van der Waals surface area contributed by atoms with Gasteiger partial charge < -0.3 is 11.1 Å². The SMILES string of the molecule is CCC(N)CCCNC. The van der Waals surface area contributed by atoms with E-state index in [0.717, 1.165) is 19.4 Å². The topological polar surface area (TPSA) is 38.0 Å². The Morgan fingerprint density at radius 2 is 2.22 bits per heavy atom. The molecule has 0 aromatic rings. The Kier molecular flexibility index (Phi) is 5.99. The average Bonchev–Trinajstić information content (AvgIpc) is 1.89. The van der Waals surface area contributed by atoms with Crippen LogP contribution < -0.4 is 11.1 Å². The molecule has 1 atom stereocenters. The van der Waals surface area contributed by atoms with E-state index in [1.165, 1.54) is 6.42 Å². The molecular formula is C7H18N2. The molecule has 0 aromatic heterocycles. The average molecular weight is 130 g/mol. The van der Waals surface area contributed by atoms with Crippen molar-refractivity contribution in [2.24, 2.45) is 5.73 Å². The summed E-state index contributed by atoms with van der Waals surface area (Å²) in [4.78, 5) is 0. The Labute approximate surface area is 57.8 Å². The van der Waals surface area contributed by atoms with E-state index in [9.17, 15) is 0 Å². The minimum atomic E-state index is 0.415. The van der Waals surface area contributed by atoms with Crippen molar-refractivity contribution in [3.8, 4) is 0 Å². The lowest BCUT2D eigenvalue weighted by Crippen LogP contribution is -2.20. The number of hydrogen-bond acceptors (Lipinski definition) is 2. The van der Waals surface area contributed by atoms with Crippen molar-refractivity contribution in [3.63, 3.8) is 0 Å². The fraction of sp³-hybridized carbons (Fsp3) is 1.00. The molecule has 0 saturated heterocycles. The standard InChI is InChI=1S/C7H18N2/c1-3-7(8)5-4-6-9-2/h7,9H,3-6,8H2,1-2H3. The van der Waals surface area contributed by atoms with E-state index in [4.69, 9.17) is 5.73 Å². The highest BCUT2D eigenvalue weighted by Gasteiger charge is 1.95. The highest BCUT2D eigenvalue weighted by molar-refractivity contribution is 4.58. The van der Waals surface area contributed by atoms with Crippen LogP contribution in [0.2, 0.25) is 0 Å². The summed E-state index contributed by atoms with van der Waals surface area (Å²) in [5.41, 5.74) is 5.69. The summed E-state index contributed by atoms with van der Waals surface area (Å²) in [7, 11) is 1.97. The Morgan fingerprint density at radius 1 is 1.56 bits per heavy atom. The minimum Gasteiger partial charge on any atom is -0.328 e. The number of hydrogen-bond donors (Lipinski definition) is 2. The van der Waals surface area contributed by atoms with Gasteiger partial charge in [0.1, 0.15) is 0 Å². The molecule has 0 aliphatic heterocycles. The maximum atomic E-state index is 5.69. The van der Waals surface area contributed by atoms with E-state index < -0.39 is 0 Å². The molecule has 9 heavy (non-hydrogen) atoms. The van der Waals surface area contributed by atoms with Crippen molar-refractivity contribution in [3.05, 3.63) is 0 Å². The first kappa shape index (κ1) is 8.92. The van der Waals surface area contributed by atoms with Crippen LogP contribution in [0.1, 0.15) is 26.2 Å². The molecule has 2 nitrogen and oxygen atoms in total. The van der Waals surface area contributed by atoms with E-state index >= 15 is 0 Å². The predicted octanol–water partition coefficient (Wildman–Crippen LogP) is 0.723. The van der Waals surface area contributed by atoms with Crippen LogP contribution in [0, 0.1) is 0 Å². The second-order valence-electron chi connectivity index (χ2n) is 2.41. The Balaban J connectivity index is 2.88. The van der Waals surface area contributed by atoms with E-state index in [-0.39, 0.29) is 0 Å². The smallest absolute Gasteiger partial charge is 0.00366 e. The van der Waals surface area contributed by atoms with Gasteiger partial charge in [-0.15, -0.1) is 0 Å². The van der Waals surface area contributed by atoms with Gasteiger partial charge in [-0.05, 0) is 32.9 Å². The zero-order valence-electron chi connectivity index (χ0n) is 6.48. The van der Waals surface area contributed by atoms with Crippen LogP contribution in [0.15, 0.2) is 0 Å². The lowest BCUT2D eigenvalue weighted by molar-refractivity contribution is 0.555. The molecule has 0 aromatic carbocycles. The second-order valence-corrected chi connectivity index (χ2v) is 2.41. The van der Waals surface area contributed by atoms with Crippen molar-refractivity contribution < 1.29 is 0 Å². The van der Waals surface area contributed by atoms with Gasteiger partial charge in [0.15, 0.2) is 0 Å². The van der Waals surface area contributed by atoms with E-state index in [0.29, 0.717) is 6.04 Å². The molecular weight excluding hydrogens is 112 g/mol. The number of rotatable bonds is 5. The highest BCUT2D eigenvalue weighted by Crippen LogP contribution is 1.95. The molecule has 0 aliphatic carbocycles. The lowest BCUT2D eigenvalue weighted by atomic mass is 10.1. The molecule has 0 heterocycles. The Morgan fingerprint density at radius 3 is 2.67 bits per heavy atom. The fourth-order valence-electron chi connectivity index (χ4n) is 0.745. The first-order chi connectivity index (χ1) is 4.31. The summed E-state index contributed by atoms with van der Waals surface area (Å²) in [5, 5.41) is 3.09. The molecule has 0 bridgehead atoms. The molecule has 3 N–H and O–H groups in total. The summed E-state index contributed by atoms with van der Waals surface area (Å²) >= 11 is 0. The zero-order chi connectivity index (χ0) is 7.11. The van der Waals surface area contributed by atoms with Gasteiger partial charge in [-0.3, -0.25) is 0 Å². The number of nitrogens with two attached hydrogens (primary N) is 1. The molecule has 0 radical (unpaired) electrons. The van der Waals surface area contributed by atoms with Gasteiger partial charge >= 0.3 is 0 Å². The summed E-state index contributed by atoms with van der Waals surface area (Å²) in [6, 6.07) is 0.415. The third kappa shape index (κ3) is 5.80. The monoisotopic (exact) mass is 130 g/mol. The first-order valence-electron chi connectivity index (χ1n) is 3.71. The molecule has 0 amide bonds. The van der Waals surface area contributed by atoms with Gasteiger partial charge in [-0.25, -0.2) is 0 Å². The van der Waals surface area contributed by atoms with E-state index in [1.54, 1.807) is 0 Å². The van der Waals surface area contributed by atoms with Crippen LogP contribution in [-0.2, 0) is 0 Å². The number of nitrogens with one attached hydrogen (secondary N) is 1. The Hall–Kier alpha value is -0.0800. The van der Waals surface area contributed by atoms with E-state index in [2.05, 4.69) is 12.2 Å². The summed E-state index contributed by atoms with van der Waals surface area (Å²) in [6.07, 6.45) is 3.45. The first-order valence-corrected chi connectivity index (χ1v) is 3.71. The van der Waals surface area contributed by atoms with Crippen molar-refractivity contribution >= 4 is 0 Å². The molecule has 0 rings (SSSR count). The van der Waals surface area contributed by atoms with Gasteiger partial charge in [-0.2, -0.15) is 0 Å². The maximum absolute atomic E-state index is 5.69. The molecule has 2 heteroatoms. The van der Waals surface area contributed by atoms with Gasteiger partial charge in [0.05, 0.1) is 0 Å². The fourth-order valence-corrected chi connectivity index (χ4v) is 0.745. The quantitative estimate of drug-likeness (QED) is 0.538. The van der Waals surface area contributed by atoms with Crippen molar-refractivity contribution in [1.29, 1.82) is 0 Å². The van der Waals surface area contributed by atoms with Gasteiger partial charge in [0, 0.05) is 6.04 Å². The molecule has 0 saturated carbocycles. The van der Waals surface area contributed by atoms with Crippen LogP contribution >= 0.6 is 0 Å². The second kappa shape index (κ2) is 6.05. The molecule has 0 spiro atoms. The maximum Gasteiger partial charge on any atom is 0.00366 e. The predicted molar refractivity (Wildman–Crippen MR) is 41.4 cm³/mol. The Bertz CT molecular complexity index is 54.9. The third-order valence-corrected chi connectivity index (χ3v) is 1.53. The lowest BCUT2D eigenvalue weighted by Gasteiger charge is -2.06. The van der Waals surface area contributed by atoms with Gasteiger partial charge in [0.25, 0.3) is 0 Å². The van der Waals surface area contributed by atoms with Crippen LogP contribution in [-0.4, -0.2) is 19.6 Å². The molecule has 1 unspecified atom stereocenters. The van der Waals surface area contributed by atoms with Crippen LogP contribution in [0.3, 0.4) is 0 Å². The highest BCUT2D eigenvalue weighted by atomic mass is 14.8. The van der Waals surface area contributed by atoms with Gasteiger partial charge in [-0.1, -0.05) is 6.92 Å². The van der Waals surface area contributed by atoms with Crippen molar-refractivity contribution in [1.82, 2.24) is 5.32 Å². The molecule has 0 fully saturated rings. The van der Waals surface area contributed by atoms with Crippen LogP contribution in [0.25, 0.3) is 0 Å². The molecule has 56 valence electrons. The normalized spacial score (nSPS) is 13.7. The van der Waals surface area contributed by atoms with Crippen LogP contribution in [0.4, 0.5) is 0 Å². The molecule has 0 aliphatic rings. The van der Waals surface area contributed by atoms with E-state index in [1.807, 2.05) is 7.05 Å². The summed E-state index contributed by atoms with van der Waals surface area (Å²) in [6.45, 7) is 3.22. The zero-order valence-corrected chi connectivity index (χ0v) is 6.48. The summed E-state index contributed by atoms with van der Waals surface area (Å²) < 4.78 is 0. The van der Waals surface area contributed by atoms with Crippen molar-refractivity contribution in [2.75, 3.05) is 13.6 Å². The third-order valence-electron chi connectivity index (χ3n) is 1.53. The minimum absolute atomic E-state index is 0.415. The van der Waals surface area contributed by atoms with Crippen molar-refractivity contribution in [2.45, 2.75) is 32.2 Å². The van der Waals surface area contributed by atoms with Crippen LogP contribution in [0.5, 0.6) is 0 Å².